The van der Waals surface area contributed by atoms with Gasteiger partial charge in [-0.1, -0.05) is 84.9 Å². The first-order chi connectivity index (χ1) is 17.9. The molecule has 0 unspecified atom stereocenters. The van der Waals surface area contributed by atoms with Crippen molar-refractivity contribution in [2.75, 3.05) is 38.0 Å². The third kappa shape index (κ3) is 3.30. The number of carbonyl (C=O) groups excluding carboxylic acids is 1. The first kappa shape index (κ1) is 23.3. The molecule has 0 aliphatic heterocycles. The third-order valence-corrected chi connectivity index (χ3v) is 8.30. The molecule has 0 spiro atoms. The normalized spacial score (nSPS) is 22.1. The molecule has 0 heterocycles. The van der Waals surface area contributed by atoms with Crippen LogP contribution in [-0.2, 0) is 15.6 Å². The Hall–Kier alpha value is -4.11. The van der Waals surface area contributed by atoms with Crippen LogP contribution in [0.4, 0.5) is 11.4 Å². The average molecular weight is 485 g/mol. The second kappa shape index (κ2) is 8.48. The van der Waals surface area contributed by atoms with Crippen molar-refractivity contribution < 1.29 is 4.79 Å². The molecule has 4 aromatic carbocycles. The van der Waals surface area contributed by atoms with E-state index in [2.05, 4.69) is 123 Å². The van der Waals surface area contributed by atoms with Crippen LogP contribution in [0.25, 0.3) is 11.1 Å². The maximum atomic E-state index is 14.7. The number of Topliss-reactive ketones (excluding diaryl/α,β-unsaturated/α-hetero) is 1. The topological polar surface area (TPSA) is 23.6 Å². The molecule has 3 heteroatoms. The lowest BCUT2D eigenvalue weighted by molar-refractivity contribution is -0.115. The Morgan fingerprint density at radius 1 is 0.541 bits per heavy atom. The van der Waals surface area contributed by atoms with Gasteiger partial charge in [0.1, 0.15) is 0 Å². The highest BCUT2D eigenvalue weighted by molar-refractivity contribution is 6.40. The number of carbonyl (C=O) groups is 1. The number of nitrogens with zero attached hydrogens (tertiary/aromatic N) is 2. The van der Waals surface area contributed by atoms with Crippen molar-refractivity contribution in [3.05, 3.63) is 131 Å². The lowest BCUT2D eigenvalue weighted by atomic mass is 9.78. The smallest absolute Gasteiger partial charge is 0.175 e. The molecule has 0 amide bonds. The van der Waals surface area contributed by atoms with Crippen LogP contribution < -0.4 is 9.80 Å². The highest BCUT2D eigenvalue weighted by Gasteiger charge is 2.79. The Morgan fingerprint density at radius 2 is 1.03 bits per heavy atom. The molecule has 0 aromatic heterocycles. The summed E-state index contributed by atoms with van der Waals surface area (Å²) >= 11 is 0. The second-order valence-corrected chi connectivity index (χ2v) is 10.7. The highest BCUT2D eigenvalue weighted by Crippen LogP contribution is 2.77. The van der Waals surface area contributed by atoms with E-state index in [1.54, 1.807) is 0 Å². The average Bonchev–Trinajstić information content (AvgIpc) is 3.58. The predicted molar refractivity (Wildman–Crippen MR) is 154 cm³/mol. The molecule has 0 bridgehead atoms. The molecular weight excluding hydrogens is 452 g/mol. The maximum absolute atomic E-state index is 14.7. The fraction of sp³-hybridized carbons (Fsp3) is 0.206. The van der Waals surface area contributed by atoms with E-state index in [0.717, 1.165) is 45.6 Å². The molecular formula is C34H32N2O. The fourth-order valence-corrected chi connectivity index (χ4v) is 6.41. The number of rotatable bonds is 6. The largest absolute Gasteiger partial charge is 0.378 e. The first-order valence-corrected chi connectivity index (χ1v) is 12.9. The summed E-state index contributed by atoms with van der Waals surface area (Å²) in [6.45, 7) is 0. The minimum atomic E-state index is -0.603. The van der Waals surface area contributed by atoms with E-state index in [-0.39, 0.29) is 5.78 Å². The lowest BCUT2D eigenvalue weighted by Gasteiger charge is -2.24. The molecule has 2 atom stereocenters. The van der Waals surface area contributed by atoms with Crippen molar-refractivity contribution in [2.45, 2.75) is 17.3 Å². The number of benzene rings is 4. The van der Waals surface area contributed by atoms with Crippen molar-refractivity contribution in [3.63, 3.8) is 0 Å². The Labute approximate surface area is 219 Å². The van der Waals surface area contributed by atoms with Gasteiger partial charge in [-0.15, -0.1) is 0 Å². The molecule has 184 valence electrons. The van der Waals surface area contributed by atoms with Crippen molar-refractivity contribution in [3.8, 4) is 0 Å². The van der Waals surface area contributed by atoms with E-state index >= 15 is 0 Å². The maximum Gasteiger partial charge on any atom is 0.175 e. The summed E-state index contributed by atoms with van der Waals surface area (Å²) in [7, 11) is 8.22. The van der Waals surface area contributed by atoms with Crippen LogP contribution in [0, 0.1) is 0 Å². The Balaban J connectivity index is 1.65. The summed E-state index contributed by atoms with van der Waals surface area (Å²) in [6.07, 6.45) is 0.783. The number of hydrogen-bond donors (Lipinski definition) is 0. The van der Waals surface area contributed by atoms with Crippen LogP contribution in [0.3, 0.4) is 0 Å². The molecule has 3 nitrogen and oxygen atoms in total. The van der Waals surface area contributed by atoms with Crippen molar-refractivity contribution >= 4 is 28.3 Å². The SMILES string of the molecule is CN(C)c1ccc(C2=C(c3ccccc3)C(=O)[C@@]3(c4ccccc4)C[C@]23c2ccc(N(C)C)cc2)cc1. The molecule has 1 fully saturated rings. The van der Waals surface area contributed by atoms with E-state index < -0.39 is 10.8 Å². The summed E-state index contributed by atoms with van der Waals surface area (Å²) in [4.78, 5) is 18.9. The first-order valence-electron chi connectivity index (χ1n) is 12.9. The molecule has 2 aliphatic carbocycles. The van der Waals surface area contributed by atoms with Gasteiger partial charge in [-0.2, -0.15) is 0 Å². The Morgan fingerprint density at radius 3 is 1.57 bits per heavy atom. The quantitative estimate of drug-likeness (QED) is 0.308. The number of allylic oxidation sites excluding steroid dienone is 2. The van der Waals surface area contributed by atoms with Crippen LogP contribution in [-0.4, -0.2) is 34.0 Å². The predicted octanol–water partition coefficient (Wildman–Crippen LogP) is 6.59. The van der Waals surface area contributed by atoms with Crippen molar-refractivity contribution in [2.24, 2.45) is 0 Å². The summed E-state index contributed by atoms with van der Waals surface area (Å²) < 4.78 is 0. The Kier molecular flexibility index (Phi) is 5.34. The zero-order valence-electron chi connectivity index (χ0n) is 21.9. The van der Waals surface area contributed by atoms with Gasteiger partial charge in [0.2, 0.25) is 0 Å². The number of hydrogen-bond acceptors (Lipinski definition) is 3. The molecule has 0 radical (unpaired) electrons. The lowest BCUT2D eigenvalue weighted by Crippen LogP contribution is -2.25. The zero-order chi connectivity index (χ0) is 25.8. The van der Waals surface area contributed by atoms with Crippen LogP contribution >= 0.6 is 0 Å². The zero-order valence-corrected chi connectivity index (χ0v) is 21.9. The number of anilines is 2. The highest BCUT2D eigenvalue weighted by atomic mass is 16.1. The van der Waals surface area contributed by atoms with Gasteiger partial charge in [-0.25, -0.2) is 0 Å². The Bertz CT molecular complexity index is 1490. The molecule has 0 saturated heterocycles. The van der Waals surface area contributed by atoms with Crippen molar-refractivity contribution in [1.29, 1.82) is 0 Å². The summed E-state index contributed by atoms with van der Waals surface area (Å²) in [6, 6.07) is 38.1. The summed E-state index contributed by atoms with van der Waals surface area (Å²) in [5.41, 5.74) is 7.69. The fourth-order valence-electron chi connectivity index (χ4n) is 6.41. The third-order valence-electron chi connectivity index (χ3n) is 8.30. The number of fused-ring (bicyclic) bond motifs is 1. The molecule has 2 aliphatic rings. The minimum absolute atomic E-state index is 0.230. The standard InChI is InChI=1S/C34H32N2O/c1-35(2)28-19-15-25(16-20-28)31-30(24-11-7-5-8-12-24)32(37)34(26-13-9-6-10-14-26)23-33(31,34)27-17-21-29(22-18-27)36(3)4/h5-22H,23H2,1-4H3/t33-,34-/m0/s1. The van der Waals surface area contributed by atoms with Gasteiger partial charge in [-0.05, 0) is 58.5 Å². The van der Waals surface area contributed by atoms with Gasteiger partial charge < -0.3 is 9.80 Å². The van der Waals surface area contributed by atoms with Crippen LogP contribution in [0.1, 0.15) is 28.7 Å². The van der Waals surface area contributed by atoms with E-state index in [1.165, 1.54) is 5.56 Å². The van der Waals surface area contributed by atoms with Gasteiger partial charge >= 0.3 is 0 Å². The molecule has 6 rings (SSSR count). The van der Waals surface area contributed by atoms with Crippen LogP contribution in [0.15, 0.2) is 109 Å². The van der Waals surface area contributed by atoms with E-state index in [4.69, 9.17) is 0 Å². The van der Waals surface area contributed by atoms with Gasteiger partial charge in [0.25, 0.3) is 0 Å². The summed E-state index contributed by atoms with van der Waals surface area (Å²) in [5.74, 6) is 0.230. The minimum Gasteiger partial charge on any atom is -0.378 e. The van der Waals surface area contributed by atoms with Crippen LogP contribution in [0.5, 0.6) is 0 Å². The second-order valence-electron chi connectivity index (χ2n) is 10.7. The molecule has 4 aromatic rings. The summed E-state index contributed by atoms with van der Waals surface area (Å²) in [5, 5.41) is 0. The van der Waals surface area contributed by atoms with Crippen molar-refractivity contribution in [1.82, 2.24) is 0 Å². The van der Waals surface area contributed by atoms with Gasteiger partial charge in [-0.3, -0.25) is 4.79 Å². The molecule has 1 saturated carbocycles. The van der Waals surface area contributed by atoms with Crippen LogP contribution in [0.2, 0.25) is 0 Å². The van der Waals surface area contributed by atoms with Gasteiger partial charge in [0.05, 0.1) is 5.41 Å². The van der Waals surface area contributed by atoms with E-state index in [0.29, 0.717) is 0 Å². The number of ketones is 1. The molecule has 37 heavy (non-hydrogen) atoms. The van der Waals surface area contributed by atoms with Gasteiger partial charge in [0.15, 0.2) is 5.78 Å². The van der Waals surface area contributed by atoms with Gasteiger partial charge in [0, 0.05) is 50.6 Å². The van der Waals surface area contributed by atoms with E-state index in [9.17, 15) is 4.79 Å². The molecule has 0 N–H and O–H groups in total. The van der Waals surface area contributed by atoms with E-state index in [1.807, 2.05) is 24.3 Å². The monoisotopic (exact) mass is 484 g/mol.